The number of hydrogen-bond acceptors (Lipinski definition) is 2. The number of carbonyl (C=O) groups is 1. The van der Waals surface area contributed by atoms with Crippen LogP contribution in [-0.4, -0.2) is 37.0 Å². The minimum Gasteiger partial charge on any atom is -0.368 e. The summed E-state index contributed by atoms with van der Waals surface area (Å²) in [6.07, 6.45) is 0.912. The summed E-state index contributed by atoms with van der Waals surface area (Å²) in [5.41, 5.74) is 1.94. The van der Waals surface area contributed by atoms with Gasteiger partial charge >= 0.3 is 0 Å². The highest BCUT2D eigenvalue weighted by Gasteiger charge is 2.26. The first-order chi connectivity index (χ1) is 12.0. The summed E-state index contributed by atoms with van der Waals surface area (Å²) in [6, 6.07) is 9.86. The lowest BCUT2D eigenvalue weighted by molar-refractivity contribution is 0.0740. The van der Waals surface area contributed by atoms with Crippen LogP contribution >= 0.6 is 0 Å². The van der Waals surface area contributed by atoms with Crippen LogP contribution in [0, 0.1) is 17.5 Å². The predicted octanol–water partition coefficient (Wildman–Crippen LogP) is 3.63. The molecule has 1 fully saturated rings. The van der Waals surface area contributed by atoms with E-state index in [1.165, 1.54) is 10.5 Å². The Kier molecular flexibility index (Phi) is 4.97. The third kappa shape index (κ3) is 3.34. The molecule has 1 saturated heterocycles. The molecule has 132 valence electrons. The predicted molar refractivity (Wildman–Crippen MR) is 90.3 cm³/mol. The second kappa shape index (κ2) is 7.17. The SMILES string of the molecule is CCc1ccccc1N1CCN(C(=O)c2ccc(F)c(F)c2F)CC1. The monoisotopic (exact) mass is 348 g/mol. The first-order valence-corrected chi connectivity index (χ1v) is 8.28. The smallest absolute Gasteiger partial charge is 0.257 e. The van der Waals surface area contributed by atoms with Crippen LogP contribution in [0.4, 0.5) is 18.9 Å². The van der Waals surface area contributed by atoms with E-state index in [2.05, 4.69) is 17.9 Å². The van der Waals surface area contributed by atoms with Gasteiger partial charge < -0.3 is 9.80 Å². The summed E-state index contributed by atoms with van der Waals surface area (Å²) >= 11 is 0. The fraction of sp³-hybridized carbons (Fsp3) is 0.316. The molecule has 3 rings (SSSR count). The molecule has 0 unspecified atom stereocenters. The highest BCUT2D eigenvalue weighted by atomic mass is 19.2. The number of hydrogen-bond donors (Lipinski definition) is 0. The number of carbonyl (C=O) groups excluding carboxylic acids is 1. The zero-order chi connectivity index (χ0) is 18.0. The standard InChI is InChI=1S/C19H19F3N2O/c1-2-13-5-3-4-6-16(13)23-9-11-24(12-10-23)19(25)14-7-8-15(20)18(22)17(14)21/h3-8H,2,9-12H2,1H3. The lowest BCUT2D eigenvalue weighted by Crippen LogP contribution is -2.49. The average Bonchev–Trinajstić information content (AvgIpc) is 2.66. The zero-order valence-corrected chi connectivity index (χ0v) is 13.9. The summed E-state index contributed by atoms with van der Waals surface area (Å²) in [4.78, 5) is 16.1. The molecule has 1 aliphatic rings. The molecule has 1 aliphatic heterocycles. The highest BCUT2D eigenvalue weighted by molar-refractivity contribution is 5.94. The molecule has 0 atom stereocenters. The lowest BCUT2D eigenvalue weighted by atomic mass is 10.1. The summed E-state index contributed by atoms with van der Waals surface area (Å²) in [6.45, 7) is 4.09. The van der Waals surface area contributed by atoms with Crippen molar-refractivity contribution in [3.8, 4) is 0 Å². The van der Waals surface area contributed by atoms with Gasteiger partial charge in [0.25, 0.3) is 5.91 Å². The van der Waals surface area contributed by atoms with E-state index in [1.54, 1.807) is 0 Å². The molecule has 1 amide bonds. The number of aryl methyl sites for hydroxylation is 1. The maximum absolute atomic E-state index is 13.8. The van der Waals surface area contributed by atoms with Crippen LogP contribution in [0.15, 0.2) is 36.4 Å². The van der Waals surface area contributed by atoms with E-state index in [-0.39, 0.29) is 0 Å². The molecule has 0 bridgehead atoms. The van der Waals surface area contributed by atoms with Crippen molar-refractivity contribution in [2.45, 2.75) is 13.3 Å². The Balaban J connectivity index is 1.72. The van der Waals surface area contributed by atoms with Crippen LogP contribution in [0.25, 0.3) is 0 Å². The van der Waals surface area contributed by atoms with Crippen molar-refractivity contribution in [1.29, 1.82) is 0 Å². The van der Waals surface area contributed by atoms with E-state index in [9.17, 15) is 18.0 Å². The molecule has 0 N–H and O–H groups in total. The number of anilines is 1. The normalized spacial score (nSPS) is 14.7. The van der Waals surface area contributed by atoms with Crippen molar-refractivity contribution in [2.24, 2.45) is 0 Å². The molecule has 0 aliphatic carbocycles. The second-order valence-corrected chi connectivity index (χ2v) is 5.98. The summed E-state index contributed by atoms with van der Waals surface area (Å²) in [5.74, 6) is -4.94. The van der Waals surface area contributed by atoms with E-state index < -0.39 is 28.9 Å². The van der Waals surface area contributed by atoms with Gasteiger partial charge in [0.15, 0.2) is 17.5 Å². The maximum Gasteiger partial charge on any atom is 0.257 e. The van der Waals surface area contributed by atoms with Gasteiger partial charge in [-0.1, -0.05) is 25.1 Å². The van der Waals surface area contributed by atoms with Crippen molar-refractivity contribution < 1.29 is 18.0 Å². The van der Waals surface area contributed by atoms with Crippen LogP contribution < -0.4 is 4.90 Å². The number of amides is 1. The first kappa shape index (κ1) is 17.3. The van der Waals surface area contributed by atoms with Crippen molar-refractivity contribution in [3.63, 3.8) is 0 Å². The Bertz CT molecular complexity index is 786. The number of nitrogens with zero attached hydrogens (tertiary/aromatic N) is 2. The fourth-order valence-electron chi connectivity index (χ4n) is 3.13. The quantitative estimate of drug-likeness (QED) is 0.791. The number of para-hydroxylation sites is 1. The Morgan fingerprint density at radius 2 is 1.64 bits per heavy atom. The summed E-state index contributed by atoms with van der Waals surface area (Å²) < 4.78 is 40.2. The van der Waals surface area contributed by atoms with Gasteiger partial charge in [0.1, 0.15) is 0 Å². The van der Waals surface area contributed by atoms with Gasteiger partial charge in [0.05, 0.1) is 5.56 Å². The van der Waals surface area contributed by atoms with Crippen LogP contribution in [0.5, 0.6) is 0 Å². The third-order valence-electron chi connectivity index (χ3n) is 4.55. The molecular formula is C19H19F3N2O. The molecule has 0 spiro atoms. The number of halogens is 3. The lowest BCUT2D eigenvalue weighted by Gasteiger charge is -2.37. The minimum atomic E-state index is -1.61. The van der Waals surface area contributed by atoms with Crippen LogP contribution in [-0.2, 0) is 6.42 Å². The van der Waals surface area contributed by atoms with Crippen molar-refractivity contribution in [3.05, 3.63) is 65.0 Å². The van der Waals surface area contributed by atoms with E-state index in [1.807, 2.05) is 18.2 Å². The van der Waals surface area contributed by atoms with Crippen molar-refractivity contribution in [2.75, 3.05) is 31.1 Å². The van der Waals surface area contributed by atoms with Gasteiger partial charge in [-0.05, 0) is 30.2 Å². The van der Waals surface area contributed by atoms with Crippen LogP contribution in [0.2, 0.25) is 0 Å². The van der Waals surface area contributed by atoms with E-state index in [0.29, 0.717) is 26.2 Å². The molecular weight excluding hydrogens is 329 g/mol. The molecule has 0 aromatic heterocycles. The maximum atomic E-state index is 13.8. The van der Waals surface area contributed by atoms with Gasteiger partial charge in [-0.25, -0.2) is 13.2 Å². The summed E-state index contributed by atoms with van der Waals surface area (Å²) in [7, 11) is 0. The molecule has 2 aromatic carbocycles. The largest absolute Gasteiger partial charge is 0.368 e. The average molecular weight is 348 g/mol. The molecule has 0 saturated carbocycles. The van der Waals surface area contributed by atoms with Gasteiger partial charge in [-0.3, -0.25) is 4.79 Å². The third-order valence-corrected chi connectivity index (χ3v) is 4.55. The first-order valence-electron chi connectivity index (χ1n) is 8.28. The minimum absolute atomic E-state index is 0.398. The Labute approximate surface area is 144 Å². The van der Waals surface area contributed by atoms with Gasteiger partial charge in [-0.2, -0.15) is 0 Å². The van der Waals surface area contributed by atoms with Crippen molar-refractivity contribution in [1.82, 2.24) is 4.90 Å². The molecule has 25 heavy (non-hydrogen) atoms. The second-order valence-electron chi connectivity index (χ2n) is 5.98. The van der Waals surface area contributed by atoms with Gasteiger partial charge in [-0.15, -0.1) is 0 Å². The number of rotatable bonds is 3. The summed E-state index contributed by atoms with van der Waals surface area (Å²) in [5, 5.41) is 0. The number of benzene rings is 2. The molecule has 3 nitrogen and oxygen atoms in total. The molecule has 1 heterocycles. The molecule has 6 heteroatoms. The topological polar surface area (TPSA) is 23.6 Å². The Morgan fingerprint density at radius 3 is 2.32 bits per heavy atom. The van der Waals surface area contributed by atoms with E-state index >= 15 is 0 Å². The Hall–Kier alpha value is -2.50. The van der Waals surface area contributed by atoms with E-state index in [4.69, 9.17) is 0 Å². The van der Waals surface area contributed by atoms with Crippen LogP contribution in [0.1, 0.15) is 22.8 Å². The number of piperazine rings is 1. The molecule has 2 aromatic rings. The van der Waals surface area contributed by atoms with Gasteiger partial charge in [0, 0.05) is 31.9 Å². The van der Waals surface area contributed by atoms with Crippen molar-refractivity contribution >= 4 is 11.6 Å². The molecule has 0 radical (unpaired) electrons. The van der Waals surface area contributed by atoms with Gasteiger partial charge in [0.2, 0.25) is 0 Å². The van der Waals surface area contributed by atoms with Crippen LogP contribution in [0.3, 0.4) is 0 Å². The zero-order valence-electron chi connectivity index (χ0n) is 13.9. The Morgan fingerprint density at radius 1 is 0.960 bits per heavy atom. The highest BCUT2D eigenvalue weighted by Crippen LogP contribution is 2.23. The fourth-order valence-corrected chi connectivity index (χ4v) is 3.13. The van der Waals surface area contributed by atoms with E-state index in [0.717, 1.165) is 24.2 Å².